The predicted octanol–water partition coefficient (Wildman–Crippen LogP) is -5.32. The second-order valence-electron chi connectivity index (χ2n) is 17.4. The van der Waals surface area contributed by atoms with Crippen LogP contribution < -0.4 is 5.32 Å². The van der Waals surface area contributed by atoms with Crippen LogP contribution >= 0.6 is 0 Å². The molecule has 10 rings (SSSR count). The fraction of sp³-hybridized carbons (Fsp3) is 0.675. The highest BCUT2D eigenvalue weighted by Crippen LogP contribution is 2.68. The second-order valence-corrected chi connectivity index (χ2v) is 17.4. The molecule has 0 radical (unpaired) electrons. The molecule has 1 aromatic carbocycles. The Morgan fingerprint density at radius 1 is 0.788 bits per heavy atom. The van der Waals surface area contributed by atoms with Crippen molar-refractivity contribution in [1.82, 2.24) is 39.5 Å². The highest BCUT2D eigenvalue weighted by atomic mass is 16.7. The van der Waals surface area contributed by atoms with Gasteiger partial charge in [-0.15, -0.1) is 5.10 Å². The molecule has 2 bridgehead atoms. The zero-order chi connectivity index (χ0) is 46.0. The number of carbonyl (C=O) groups excluding carboxylic acids is 5. The number of amides is 1. The summed E-state index contributed by atoms with van der Waals surface area (Å²) in [5.74, 6) is -5.54. The molecule has 26 nitrogen and oxygen atoms in total. The van der Waals surface area contributed by atoms with Crippen LogP contribution in [0.5, 0.6) is 0 Å². The highest BCUT2D eigenvalue weighted by Gasteiger charge is 2.98. The van der Waals surface area contributed by atoms with Crippen LogP contribution in [0.15, 0.2) is 30.5 Å². The monoisotopic (exact) mass is 929 g/mol. The average molecular weight is 930 g/mol. The topological polar surface area (TPSA) is 299 Å². The number of fused-ring (bicyclic) bond motifs is 1. The third-order valence-corrected chi connectivity index (χ3v) is 13.2. The van der Waals surface area contributed by atoms with Gasteiger partial charge in [-0.25, -0.2) is 14.5 Å². The lowest BCUT2D eigenvalue weighted by Gasteiger charge is -2.51. The van der Waals surface area contributed by atoms with Crippen molar-refractivity contribution in [3.63, 3.8) is 0 Å². The van der Waals surface area contributed by atoms with E-state index in [0.717, 1.165) is 5.56 Å². The Bertz CT molecular complexity index is 2200. The molecule has 3 unspecified atom stereocenters. The third kappa shape index (κ3) is 7.81. The van der Waals surface area contributed by atoms with E-state index in [1.807, 2.05) is 31.7 Å². The molecule has 26 heteroatoms. The van der Waals surface area contributed by atoms with Gasteiger partial charge in [-0.3, -0.25) is 33.8 Å². The molecule has 8 fully saturated rings. The lowest BCUT2D eigenvalue weighted by atomic mass is 9.99. The van der Waals surface area contributed by atoms with Gasteiger partial charge in [-0.05, 0) is 24.1 Å². The van der Waals surface area contributed by atoms with E-state index < -0.39 is 84.3 Å². The first-order valence-electron chi connectivity index (χ1n) is 21.8. The molecular formula is C40H51N9O17. The summed E-state index contributed by atoms with van der Waals surface area (Å²) in [5, 5.41) is 50.1. The number of aliphatic hydroxyl groups excluding tert-OH is 4. The Hall–Kier alpha value is -4.81. The first-order chi connectivity index (χ1) is 31.8. The van der Waals surface area contributed by atoms with E-state index in [1.165, 1.54) is 4.68 Å². The number of esters is 4. The van der Waals surface area contributed by atoms with Crippen LogP contribution in [0, 0.1) is 0 Å². The number of ether oxygens (including phenoxy) is 8. The van der Waals surface area contributed by atoms with Crippen LogP contribution in [0.1, 0.15) is 17.7 Å². The minimum atomic E-state index is -1.64. The molecule has 2 aromatic rings. The predicted molar refractivity (Wildman–Crippen MR) is 212 cm³/mol. The number of anilines is 1. The van der Waals surface area contributed by atoms with Crippen molar-refractivity contribution in [1.29, 1.82) is 0 Å². The molecule has 8 aliphatic rings. The van der Waals surface area contributed by atoms with Crippen molar-refractivity contribution in [3.8, 4) is 0 Å². The number of rotatable bonds is 16. The molecule has 8 saturated heterocycles. The summed E-state index contributed by atoms with van der Waals surface area (Å²) in [4.78, 5) is 74.7. The van der Waals surface area contributed by atoms with Crippen molar-refractivity contribution in [2.75, 3.05) is 90.7 Å². The minimum Gasteiger partial charge on any atom is -0.421 e. The molecule has 12 atom stereocenters. The summed E-state index contributed by atoms with van der Waals surface area (Å²) in [5.41, 5.74) is 0.603. The van der Waals surface area contributed by atoms with Crippen molar-refractivity contribution < 1.29 is 82.3 Å². The van der Waals surface area contributed by atoms with E-state index in [4.69, 9.17) is 37.9 Å². The fourth-order valence-corrected chi connectivity index (χ4v) is 10.3. The Balaban J connectivity index is 0.680. The molecule has 3 spiro atoms. The van der Waals surface area contributed by atoms with E-state index in [-0.39, 0.29) is 91.2 Å². The maximum atomic E-state index is 13.4. The Labute approximate surface area is 375 Å². The van der Waals surface area contributed by atoms with Crippen molar-refractivity contribution in [2.45, 2.75) is 86.4 Å². The van der Waals surface area contributed by atoms with Gasteiger partial charge in [-0.1, -0.05) is 17.3 Å². The molecule has 9 heterocycles. The number of nitrogens with one attached hydrogen (secondary N) is 1. The van der Waals surface area contributed by atoms with Gasteiger partial charge < -0.3 is 63.6 Å². The molecule has 358 valence electrons. The van der Waals surface area contributed by atoms with Crippen LogP contribution in [-0.2, 0) is 81.4 Å². The lowest BCUT2D eigenvalue weighted by molar-refractivity contribution is -0.284. The van der Waals surface area contributed by atoms with Crippen molar-refractivity contribution in [3.05, 3.63) is 41.7 Å². The van der Waals surface area contributed by atoms with Crippen molar-refractivity contribution >= 4 is 35.5 Å². The Kier molecular flexibility index (Phi) is 12.1. The summed E-state index contributed by atoms with van der Waals surface area (Å²) < 4.78 is 47.2. The first-order valence-corrected chi connectivity index (χ1v) is 21.8. The van der Waals surface area contributed by atoms with Gasteiger partial charge in [0.15, 0.2) is 12.0 Å². The summed E-state index contributed by atoms with van der Waals surface area (Å²) >= 11 is 0. The van der Waals surface area contributed by atoms with Gasteiger partial charge in [0.1, 0.15) is 43.2 Å². The molecular weight excluding hydrogens is 878 g/mol. The number of hydrogen-bond donors (Lipinski definition) is 5. The van der Waals surface area contributed by atoms with Crippen LogP contribution in [0.4, 0.5) is 5.69 Å². The lowest BCUT2D eigenvalue weighted by Crippen LogP contribution is -2.74. The fourth-order valence-electron chi connectivity index (χ4n) is 10.3. The van der Waals surface area contributed by atoms with Gasteiger partial charge in [0.25, 0.3) is 6.29 Å². The van der Waals surface area contributed by atoms with Crippen LogP contribution in [0.25, 0.3) is 0 Å². The summed E-state index contributed by atoms with van der Waals surface area (Å²) in [6.07, 6.45) is -6.58. The highest BCUT2D eigenvalue weighted by molar-refractivity contribution is 5.90. The van der Waals surface area contributed by atoms with Gasteiger partial charge in [0, 0.05) is 37.9 Å². The molecule has 5 N–H and O–H groups in total. The van der Waals surface area contributed by atoms with Crippen LogP contribution in [-0.4, -0.2) is 235 Å². The normalized spacial score (nSPS) is 37.2. The first kappa shape index (κ1) is 45.0. The van der Waals surface area contributed by atoms with E-state index in [0.29, 0.717) is 37.4 Å². The molecule has 1 aromatic heterocycles. The molecule has 0 saturated carbocycles. The second kappa shape index (κ2) is 17.7. The largest absolute Gasteiger partial charge is 0.421 e. The van der Waals surface area contributed by atoms with Gasteiger partial charge in [0.2, 0.25) is 5.91 Å². The smallest absolute Gasteiger partial charge is 0.323 e. The molecule has 0 aliphatic carbocycles. The Morgan fingerprint density at radius 2 is 1.47 bits per heavy atom. The van der Waals surface area contributed by atoms with Gasteiger partial charge >= 0.3 is 35.6 Å². The molecule has 66 heavy (non-hydrogen) atoms. The van der Waals surface area contributed by atoms with E-state index in [1.54, 1.807) is 23.2 Å². The number of benzene rings is 1. The number of nitrogens with zero attached hydrogens (tertiary/aromatic N) is 8. The van der Waals surface area contributed by atoms with Crippen LogP contribution in [0.3, 0.4) is 0 Å². The number of morpholine rings is 1. The summed E-state index contributed by atoms with van der Waals surface area (Å²) in [6, 6.07) is 6.87. The number of hydrogen-bond acceptors (Lipinski definition) is 24. The SMILES string of the molecule is O=C(CCOCCOCCOCc1cn(C[C@@H]2O[C@@H](O)[C@@H](O)[C@@H](O)[C@@H]2O)nn1)Nc1ccc(CC2CN3CC(=O)O[C@H]4OC(=O)CN5CCN6CC(=O)O[C@@]67N([C@]45C3)[C@]73OC(=O)CN23)cc1. The van der Waals surface area contributed by atoms with Gasteiger partial charge in [0.05, 0.1) is 71.9 Å². The Morgan fingerprint density at radius 3 is 2.26 bits per heavy atom. The van der Waals surface area contributed by atoms with Crippen molar-refractivity contribution in [2.24, 2.45) is 0 Å². The zero-order valence-electron chi connectivity index (χ0n) is 35.6. The minimum absolute atomic E-state index is 0.0228. The number of aromatic nitrogens is 3. The quantitative estimate of drug-likeness (QED) is 0.0455. The van der Waals surface area contributed by atoms with E-state index in [9.17, 15) is 44.4 Å². The standard InChI is InChI=1S/C40H51N9O17/c50-28(5-8-59-9-10-60-11-12-61-21-25-14-47(43-42-25)16-27-33(55)34(56)35(57)36(58)62-27)41-24-3-1-23(2-4-24)13-26-15-44-17-29(51)63-37-38(22-44)45(18-30(52)64-37)6-7-46-19-31(53)65-39(46)40(49(38)39)48(26)20-32(54)66-40/h1-4,14,26-27,33-37,55-58H,5-13,15-22H2,(H,41,50)/t26?,27-,33+,34-,35-,36+,37-,38+,39+,40-,49?/m0/s1. The third-order valence-electron chi connectivity index (χ3n) is 13.2. The summed E-state index contributed by atoms with van der Waals surface area (Å²) in [6.45, 7) is 2.05. The number of carbonyl (C=O) groups is 5. The average Bonchev–Trinajstić information content (AvgIpc) is 3.55. The zero-order valence-corrected chi connectivity index (χ0v) is 35.6. The molecule has 1 amide bonds. The van der Waals surface area contributed by atoms with E-state index >= 15 is 0 Å². The maximum Gasteiger partial charge on any atom is 0.323 e. The number of aliphatic hydroxyl groups is 4. The summed E-state index contributed by atoms with van der Waals surface area (Å²) in [7, 11) is 0. The van der Waals surface area contributed by atoms with Gasteiger partial charge in [-0.2, -0.15) is 4.90 Å². The maximum absolute atomic E-state index is 13.4. The van der Waals surface area contributed by atoms with E-state index in [2.05, 4.69) is 15.6 Å². The molecule has 8 aliphatic heterocycles. The van der Waals surface area contributed by atoms with Crippen LogP contribution in [0.2, 0.25) is 0 Å².